The summed E-state index contributed by atoms with van der Waals surface area (Å²) in [5.41, 5.74) is 5.01. The standard InChI is InChI=1S/C11H13FN4O3/c12-6-3-16(7-2-1-5(4-17)19-7)9-8(6)10(18)15-11(13)14-9/h3,5,7,17H,1-2,4H2,(H3,13,14,15,18). The molecule has 2 atom stereocenters. The lowest BCUT2D eigenvalue weighted by Crippen LogP contribution is -2.16. The Morgan fingerprint density at radius 2 is 2.42 bits per heavy atom. The molecule has 0 aromatic carbocycles. The van der Waals surface area contributed by atoms with Gasteiger partial charge in [0.1, 0.15) is 11.6 Å². The molecule has 3 rings (SSSR count). The molecule has 3 heterocycles. The Balaban J connectivity index is 2.12. The minimum atomic E-state index is -0.667. The number of H-pyrrole nitrogens is 1. The van der Waals surface area contributed by atoms with Crippen molar-refractivity contribution in [1.82, 2.24) is 14.5 Å². The number of halogens is 1. The molecule has 0 amide bonds. The minimum Gasteiger partial charge on any atom is -0.394 e. The SMILES string of the molecule is Nc1nc2c(c(F)cn2C2CCC(CO)O2)c(=O)[nH]1. The first kappa shape index (κ1) is 12.1. The summed E-state index contributed by atoms with van der Waals surface area (Å²) >= 11 is 0. The van der Waals surface area contributed by atoms with E-state index in [9.17, 15) is 9.18 Å². The molecule has 0 saturated carbocycles. The maximum absolute atomic E-state index is 13.8. The van der Waals surface area contributed by atoms with Gasteiger partial charge in [0, 0.05) is 6.20 Å². The molecule has 4 N–H and O–H groups in total. The summed E-state index contributed by atoms with van der Waals surface area (Å²) in [7, 11) is 0. The average molecular weight is 268 g/mol. The van der Waals surface area contributed by atoms with E-state index in [4.69, 9.17) is 15.6 Å². The van der Waals surface area contributed by atoms with Crippen LogP contribution in [0.2, 0.25) is 0 Å². The van der Waals surface area contributed by atoms with Crippen LogP contribution in [0.25, 0.3) is 11.0 Å². The second kappa shape index (κ2) is 4.32. The fourth-order valence-corrected chi connectivity index (χ4v) is 2.37. The van der Waals surface area contributed by atoms with Gasteiger partial charge >= 0.3 is 0 Å². The Morgan fingerprint density at radius 1 is 1.63 bits per heavy atom. The topological polar surface area (TPSA) is 106 Å². The number of aliphatic hydroxyl groups excluding tert-OH is 1. The van der Waals surface area contributed by atoms with E-state index in [0.29, 0.717) is 12.8 Å². The molecule has 1 fully saturated rings. The first-order chi connectivity index (χ1) is 9.10. The zero-order valence-electron chi connectivity index (χ0n) is 9.97. The molecule has 2 unspecified atom stereocenters. The second-order valence-corrected chi connectivity index (χ2v) is 4.51. The van der Waals surface area contributed by atoms with Gasteiger partial charge in [0.2, 0.25) is 5.95 Å². The molecule has 1 saturated heterocycles. The van der Waals surface area contributed by atoms with Crippen molar-refractivity contribution in [2.45, 2.75) is 25.2 Å². The van der Waals surface area contributed by atoms with E-state index in [0.717, 1.165) is 0 Å². The van der Waals surface area contributed by atoms with Crippen molar-refractivity contribution >= 4 is 17.0 Å². The van der Waals surface area contributed by atoms with E-state index in [2.05, 4.69) is 9.97 Å². The summed E-state index contributed by atoms with van der Waals surface area (Å²) in [6, 6.07) is 0. The predicted molar refractivity (Wildman–Crippen MR) is 65.0 cm³/mol. The monoisotopic (exact) mass is 268 g/mol. The third-order valence-corrected chi connectivity index (χ3v) is 3.25. The molecular weight excluding hydrogens is 255 g/mol. The molecule has 19 heavy (non-hydrogen) atoms. The number of hydrogen-bond acceptors (Lipinski definition) is 5. The number of aromatic amines is 1. The Hall–Kier alpha value is -1.93. The van der Waals surface area contributed by atoms with Crippen molar-refractivity contribution in [2.75, 3.05) is 12.3 Å². The molecule has 1 aliphatic rings. The number of anilines is 1. The zero-order valence-corrected chi connectivity index (χ0v) is 9.97. The summed E-state index contributed by atoms with van der Waals surface area (Å²) in [5.74, 6) is -0.742. The number of rotatable bonds is 2. The smallest absolute Gasteiger partial charge is 0.264 e. The summed E-state index contributed by atoms with van der Waals surface area (Å²) in [4.78, 5) is 17.9. The highest BCUT2D eigenvalue weighted by atomic mass is 19.1. The lowest BCUT2D eigenvalue weighted by atomic mass is 10.2. The molecule has 0 bridgehead atoms. The first-order valence-electron chi connectivity index (χ1n) is 5.92. The quantitative estimate of drug-likeness (QED) is 0.717. The van der Waals surface area contributed by atoms with E-state index in [1.165, 1.54) is 10.8 Å². The van der Waals surface area contributed by atoms with Gasteiger partial charge in [0.15, 0.2) is 11.5 Å². The summed E-state index contributed by atoms with van der Waals surface area (Å²) < 4.78 is 20.8. The number of hydrogen-bond donors (Lipinski definition) is 3. The Labute approximate surface area is 106 Å². The molecule has 2 aromatic heterocycles. The molecule has 8 heteroatoms. The maximum atomic E-state index is 13.8. The van der Waals surface area contributed by atoms with Crippen LogP contribution in [0.3, 0.4) is 0 Å². The van der Waals surface area contributed by atoms with Gasteiger partial charge in [-0.25, -0.2) is 4.39 Å². The highest BCUT2D eigenvalue weighted by Gasteiger charge is 2.28. The van der Waals surface area contributed by atoms with Crippen molar-refractivity contribution in [2.24, 2.45) is 0 Å². The van der Waals surface area contributed by atoms with Crippen molar-refractivity contribution in [3.63, 3.8) is 0 Å². The van der Waals surface area contributed by atoms with Gasteiger partial charge in [0.05, 0.1) is 12.7 Å². The highest BCUT2D eigenvalue weighted by Crippen LogP contribution is 2.31. The normalized spacial score (nSPS) is 23.3. The number of aromatic nitrogens is 3. The molecule has 7 nitrogen and oxygen atoms in total. The van der Waals surface area contributed by atoms with Crippen LogP contribution in [0.5, 0.6) is 0 Å². The van der Waals surface area contributed by atoms with E-state index in [1.807, 2.05) is 0 Å². The summed E-state index contributed by atoms with van der Waals surface area (Å²) in [5, 5.41) is 8.90. The fraction of sp³-hybridized carbons (Fsp3) is 0.455. The Bertz CT molecular complexity index is 680. The Kier molecular flexibility index (Phi) is 2.76. The average Bonchev–Trinajstić information content (AvgIpc) is 2.93. The molecule has 1 aliphatic heterocycles. The van der Waals surface area contributed by atoms with Crippen LogP contribution in [0.4, 0.5) is 10.3 Å². The van der Waals surface area contributed by atoms with Crippen LogP contribution in [0.15, 0.2) is 11.0 Å². The third-order valence-electron chi connectivity index (χ3n) is 3.25. The lowest BCUT2D eigenvalue weighted by molar-refractivity contribution is -0.0206. The van der Waals surface area contributed by atoms with Crippen molar-refractivity contribution in [3.8, 4) is 0 Å². The Morgan fingerprint density at radius 3 is 3.11 bits per heavy atom. The fourth-order valence-electron chi connectivity index (χ4n) is 2.37. The molecular formula is C11H13FN4O3. The number of fused-ring (bicyclic) bond motifs is 1. The molecule has 2 aromatic rings. The van der Waals surface area contributed by atoms with Gasteiger partial charge < -0.3 is 20.1 Å². The number of nitrogens with one attached hydrogen (secondary N) is 1. The van der Waals surface area contributed by atoms with E-state index < -0.39 is 17.6 Å². The van der Waals surface area contributed by atoms with Gasteiger partial charge in [-0.3, -0.25) is 9.78 Å². The van der Waals surface area contributed by atoms with Crippen LogP contribution in [0.1, 0.15) is 19.1 Å². The van der Waals surface area contributed by atoms with Gasteiger partial charge in [0.25, 0.3) is 5.56 Å². The van der Waals surface area contributed by atoms with E-state index in [-0.39, 0.29) is 29.7 Å². The largest absolute Gasteiger partial charge is 0.394 e. The predicted octanol–water partition coefficient (Wildman–Crippen LogP) is 0.116. The van der Waals surface area contributed by atoms with Crippen LogP contribution in [-0.4, -0.2) is 32.4 Å². The minimum absolute atomic E-state index is 0.0754. The van der Waals surface area contributed by atoms with E-state index >= 15 is 0 Å². The molecule has 0 aliphatic carbocycles. The van der Waals surface area contributed by atoms with Crippen molar-refractivity contribution in [3.05, 3.63) is 22.4 Å². The van der Waals surface area contributed by atoms with Crippen LogP contribution >= 0.6 is 0 Å². The number of aliphatic hydroxyl groups is 1. The van der Waals surface area contributed by atoms with Gasteiger partial charge in [-0.15, -0.1) is 0 Å². The zero-order chi connectivity index (χ0) is 13.6. The second-order valence-electron chi connectivity index (χ2n) is 4.51. The third kappa shape index (κ3) is 1.89. The molecule has 0 radical (unpaired) electrons. The number of nitrogens with zero attached hydrogens (tertiary/aromatic N) is 2. The lowest BCUT2D eigenvalue weighted by Gasteiger charge is -2.14. The van der Waals surface area contributed by atoms with Crippen LogP contribution < -0.4 is 11.3 Å². The van der Waals surface area contributed by atoms with E-state index in [1.54, 1.807) is 0 Å². The summed E-state index contributed by atoms with van der Waals surface area (Å²) in [6.45, 7) is -0.0890. The first-order valence-corrected chi connectivity index (χ1v) is 5.92. The number of ether oxygens (including phenoxy) is 1. The number of nitrogen functional groups attached to an aromatic ring is 1. The van der Waals surface area contributed by atoms with Gasteiger partial charge in [-0.1, -0.05) is 0 Å². The summed E-state index contributed by atoms with van der Waals surface area (Å²) in [6.07, 6.45) is 1.74. The molecule has 0 spiro atoms. The maximum Gasteiger partial charge on any atom is 0.264 e. The van der Waals surface area contributed by atoms with Crippen LogP contribution in [0, 0.1) is 5.82 Å². The van der Waals surface area contributed by atoms with Gasteiger partial charge in [-0.05, 0) is 12.8 Å². The molecule has 102 valence electrons. The van der Waals surface area contributed by atoms with Gasteiger partial charge in [-0.2, -0.15) is 4.98 Å². The van der Waals surface area contributed by atoms with Crippen molar-refractivity contribution in [1.29, 1.82) is 0 Å². The van der Waals surface area contributed by atoms with Crippen LogP contribution in [-0.2, 0) is 4.74 Å². The number of nitrogens with two attached hydrogens (primary N) is 1. The highest BCUT2D eigenvalue weighted by molar-refractivity contribution is 5.76. The van der Waals surface area contributed by atoms with Crippen molar-refractivity contribution < 1.29 is 14.2 Å².